The van der Waals surface area contributed by atoms with Gasteiger partial charge in [-0.2, -0.15) is 0 Å². The molecule has 8 nitrogen and oxygen atoms in total. The maximum atomic E-state index is 12.5. The molecule has 1 N–H and O–H groups in total. The topological polar surface area (TPSA) is 103 Å². The number of anilines is 1. The number of thiophene rings is 1. The van der Waals surface area contributed by atoms with Crippen molar-refractivity contribution in [3.8, 4) is 10.7 Å². The van der Waals surface area contributed by atoms with E-state index in [9.17, 15) is 14.9 Å². The molecule has 0 aliphatic carbocycles. The number of amides is 1. The molecule has 11 heteroatoms. The number of carbonyl (C=O) groups excluding carboxylic acids is 1. The van der Waals surface area contributed by atoms with Crippen LogP contribution in [0, 0.1) is 10.1 Å². The van der Waals surface area contributed by atoms with Crippen LogP contribution in [-0.4, -0.2) is 30.8 Å². The van der Waals surface area contributed by atoms with Gasteiger partial charge in [0.25, 0.3) is 5.69 Å². The first-order valence-corrected chi connectivity index (χ1v) is 10.4. The zero-order valence-electron chi connectivity index (χ0n) is 15.0. The quantitative estimate of drug-likeness (QED) is 0.326. The number of hydrogen-bond donors (Lipinski definition) is 1. The van der Waals surface area contributed by atoms with E-state index < -0.39 is 10.2 Å². The van der Waals surface area contributed by atoms with Crippen LogP contribution in [-0.2, 0) is 11.3 Å². The van der Waals surface area contributed by atoms with Crippen molar-refractivity contribution < 1.29 is 9.72 Å². The maximum absolute atomic E-state index is 12.5. The van der Waals surface area contributed by atoms with Crippen LogP contribution < -0.4 is 5.32 Å². The summed E-state index contributed by atoms with van der Waals surface area (Å²) in [5.74, 6) is 0.482. The van der Waals surface area contributed by atoms with Gasteiger partial charge in [0, 0.05) is 18.7 Å². The first-order valence-electron chi connectivity index (χ1n) is 8.29. The van der Waals surface area contributed by atoms with Gasteiger partial charge in [-0.05, 0) is 31.4 Å². The molecule has 0 aliphatic rings. The molecule has 0 aliphatic heterocycles. The molecule has 1 amide bonds. The number of hydrogen-bond acceptors (Lipinski definition) is 7. The highest BCUT2D eigenvalue weighted by Gasteiger charge is 2.21. The molecular formula is C17H16ClN5O3S2. The van der Waals surface area contributed by atoms with Gasteiger partial charge in [0.05, 0.1) is 25.8 Å². The second-order valence-corrected chi connectivity index (χ2v) is 8.36. The Morgan fingerprint density at radius 3 is 2.82 bits per heavy atom. The Hall–Kier alpha value is -2.43. The first-order chi connectivity index (χ1) is 13.4. The van der Waals surface area contributed by atoms with Crippen molar-refractivity contribution in [2.75, 3.05) is 5.32 Å². The largest absolute Gasteiger partial charge is 0.324 e. The average molecular weight is 438 g/mol. The lowest BCUT2D eigenvalue weighted by atomic mass is 10.2. The molecular weight excluding hydrogens is 422 g/mol. The molecule has 3 rings (SSSR count). The minimum atomic E-state index is -0.543. The Labute approximate surface area is 174 Å². The van der Waals surface area contributed by atoms with E-state index in [2.05, 4.69) is 15.5 Å². The number of rotatable bonds is 7. The molecule has 0 spiro atoms. The van der Waals surface area contributed by atoms with E-state index in [1.54, 1.807) is 18.3 Å². The van der Waals surface area contributed by atoms with Gasteiger partial charge in [0.15, 0.2) is 11.0 Å². The summed E-state index contributed by atoms with van der Waals surface area (Å²) in [4.78, 5) is 23.8. The number of non-ortho nitro benzene ring substituents is 1. The molecule has 1 aromatic carbocycles. The van der Waals surface area contributed by atoms with Crippen LogP contribution in [0.2, 0.25) is 5.02 Å². The lowest BCUT2D eigenvalue weighted by Crippen LogP contribution is -2.23. The Kier molecular flexibility index (Phi) is 6.32. The van der Waals surface area contributed by atoms with Crippen molar-refractivity contribution >= 4 is 52.0 Å². The summed E-state index contributed by atoms with van der Waals surface area (Å²) >= 11 is 8.90. The van der Waals surface area contributed by atoms with Crippen LogP contribution >= 0.6 is 34.7 Å². The monoisotopic (exact) mass is 437 g/mol. The smallest absolute Gasteiger partial charge is 0.271 e. The Morgan fingerprint density at radius 2 is 2.21 bits per heavy atom. The standard InChI is InChI=1S/C17H16ClN5O3S2/c1-3-22-15(14-5-4-8-27-14)20-21-17(22)28-10(2)16(24)19-13-7-6-11(23(25)26)9-12(13)18/h4-10H,3H2,1-2H3,(H,19,24)/t10-/m1/s1. The second-order valence-electron chi connectivity index (χ2n) is 5.70. The minimum absolute atomic E-state index is 0.108. The van der Waals surface area contributed by atoms with Gasteiger partial charge in [0.2, 0.25) is 5.91 Å². The SMILES string of the molecule is CCn1c(S[C@H](C)C(=O)Nc2ccc([N+](=O)[O-])cc2Cl)nnc1-c1cccs1. The van der Waals surface area contributed by atoms with E-state index >= 15 is 0 Å². The highest BCUT2D eigenvalue weighted by atomic mass is 35.5. The molecule has 0 radical (unpaired) electrons. The summed E-state index contributed by atoms with van der Waals surface area (Å²) in [5.41, 5.74) is 0.184. The lowest BCUT2D eigenvalue weighted by molar-refractivity contribution is -0.384. The van der Waals surface area contributed by atoms with Gasteiger partial charge >= 0.3 is 0 Å². The third-order valence-electron chi connectivity index (χ3n) is 3.85. The summed E-state index contributed by atoms with van der Waals surface area (Å²) in [7, 11) is 0. The number of nitro benzene ring substituents is 1. The van der Waals surface area contributed by atoms with Crippen molar-refractivity contribution in [1.29, 1.82) is 0 Å². The van der Waals surface area contributed by atoms with Gasteiger partial charge in [-0.1, -0.05) is 29.4 Å². The molecule has 2 aromatic heterocycles. The van der Waals surface area contributed by atoms with E-state index in [0.717, 1.165) is 10.7 Å². The van der Waals surface area contributed by atoms with E-state index in [4.69, 9.17) is 11.6 Å². The molecule has 0 fully saturated rings. The molecule has 0 bridgehead atoms. The van der Waals surface area contributed by atoms with Gasteiger partial charge in [-0.15, -0.1) is 21.5 Å². The number of thioether (sulfide) groups is 1. The second kappa shape index (κ2) is 8.72. The lowest BCUT2D eigenvalue weighted by Gasteiger charge is -2.13. The fraction of sp³-hybridized carbons (Fsp3) is 0.235. The summed E-state index contributed by atoms with van der Waals surface area (Å²) in [6, 6.07) is 7.84. The summed E-state index contributed by atoms with van der Waals surface area (Å²) in [5, 5.41) is 24.2. The average Bonchev–Trinajstić information content (AvgIpc) is 3.32. The van der Waals surface area contributed by atoms with E-state index in [1.165, 1.54) is 30.0 Å². The number of benzene rings is 1. The molecule has 2 heterocycles. The number of aromatic nitrogens is 3. The number of carbonyl (C=O) groups is 1. The van der Waals surface area contributed by atoms with E-state index in [0.29, 0.717) is 17.4 Å². The third-order valence-corrected chi connectivity index (χ3v) is 6.11. The van der Waals surface area contributed by atoms with Crippen molar-refractivity contribution in [2.24, 2.45) is 0 Å². The third kappa shape index (κ3) is 4.34. The maximum Gasteiger partial charge on any atom is 0.271 e. The summed E-state index contributed by atoms with van der Waals surface area (Å²) < 4.78 is 1.96. The molecule has 3 aromatic rings. The minimum Gasteiger partial charge on any atom is -0.324 e. The van der Waals surface area contributed by atoms with Crippen LogP contribution in [0.3, 0.4) is 0 Å². The Morgan fingerprint density at radius 1 is 1.43 bits per heavy atom. The normalized spacial score (nSPS) is 12.0. The number of nitrogens with one attached hydrogen (secondary N) is 1. The molecule has 0 saturated carbocycles. The fourth-order valence-electron chi connectivity index (χ4n) is 2.41. The molecule has 1 atom stereocenters. The van der Waals surface area contributed by atoms with E-state index in [1.807, 2.05) is 29.0 Å². The Balaban J connectivity index is 1.72. The van der Waals surface area contributed by atoms with Gasteiger partial charge in [-0.3, -0.25) is 14.9 Å². The van der Waals surface area contributed by atoms with Crippen LogP contribution in [0.4, 0.5) is 11.4 Å². The van der Waals surface area contributed by atoms with Crippen LogP contribution in [0.15, 0.2) is 40.9 Å². The van der Waals surface area contributed by atoms with Gasteiger partial charge < -0.3 is 9.88 Å². The predicted molar refractivity (Wildman–Crippen MR) is 111 cm³/mol. The van der Waals surface area contributed by atoms with E-state index in [-0.39, 0.29) is 16.6 Å². The van der Waals surface area contributed by atoms with Crippen molar-refractivity contribution in [3.63, 3.8) is 0 Å². The Bertz CT molecular complexity index is 1010. The summed E-state index contributed by atoms with van der Waals surface area (Å²) in [6.45, 7) is 4.41. The van der Waals surface area contributed by atoms with Crippen molar-refractivity contribution in [2.45, 2.75) is 30.8 Å². The highest BCUT2D eigenvalue weighted by molar-refractivity contribution is 8.00. The first kappa shape index (κ1) is 20.3. The van der Waals surface area contributed by atoms with Crippen molar-refractivity contribution in [3.05, 3.63) is 50.8 Å². The summed E-state index contributed by atoms with van der Waals surface area (Å²) in [6.07, 6.45) is 0. The number of nitro groups is 1. The predicted octanol–water partition coefficient (Wildman–Crippen LogP) is 4.71. The molecule has 0 unspecified atom stereocenters. The number of halogens is 1. The molecule has 28 heavy (non-hydrogen) atoms. The van der Waals surface area contributed by atoms with Gasteiger partial charge in [0.1, 0.15) is 0 Å². The zero-order chi connectivity index (χ0) is 20.3. The van der Waals surface area contributed by atoms with Gasteiger partial charge in [-0.25, -0.2) is 0 Å². The van der Waals surface area contributed by atoms with Crippen LogP contribution in [0.25, 0.3) is 10.7 Å². The zero-order valence-corrected chi connectivity index (χ0v) is 17.3. The fourth-order valence-corrected chi connectivity index (χ4v) is 4.27. The van der Waals surface area contributed by atoms with Crippen molar-refractivity contribution in [1.82, 2.24) is 14.8 Å². The van der Waals surface area contributed by atoms with Crippen LogP contribution in [0.1, 0.15) is 13.8 Å². The van der Waals surface area contributed by atoms with Crippen LogP contribution in [0.5, 0.6) is 0 Å². The molecule has 0 saturated heterocycles. The number of nitrogens with zero attached hydrogens (tertiary/aromatic N) is 4. The highest BCUT2D eigenvalue weighted by Crippen LogP contribution is 2.31. The molecule has 146 valence electrons.